The Morgan fingerprint density at radius 1 is 1.16 bits per heavy atom. The Morgan fingerprint density at radius 3 is 2.21 bits per heavy atom. The first-order valence-corrected chi connectivity index (χ1v) is 5.33. The van der Waals surface area contributed by atoms with Gasteiger partial charge in [-0.1, -0.05) is 30.3 Å². The van der Waals surface area contributed by atoms with E-state index in [9.17, 15) is 18.0 Å². The Morgan fingerprint density at radius 2 is 1.79 bits per heavy atom. The lowest BCUT2D eigenvalue weighted by molar-refractivity contribution is -0.203. The molecule has 0 aliphatic heterocycles. The lowest BCUT2D eigenvalue weighted by Crippen LogP contribution is -2.58. The first-order chi connectivity index (χ1) is 8.90. The lowest BCUT2D eigenvalue weighted by atomic mass is 9.88. The second-order valence-electron chi connectivity index (χ2n) is 3.89. The summed E-state index contributed by atoms with van der Waals surface area (Å²) in [7, 11) is 0. The van der Waals surface area contributed by atoms with Gasteiger partial charge in [-0.2, -0.15) is 18.3 Å². The van der Waals surface area contributed by atoms with Gasteiger partial charge in [0.15, 0.2) is 0 Å². The van der Waals surface area contributed by atoms with Crippen LogP contribution in [0.5, 0.6) is 0 Å². The number of benzene rings is 1. The van der Waals surface area contributed by atoms with Gasteiger partial charge >= 0.3 is 6.18 Å². The fourth-order valence-corrected chi connectivity index (χ4v) is 1.97. The first kappa shape index (κ1) is 13.1. The minimum Gasteiger partial charge on any atom is -0.367 e. The predicted molar refractivity (Wildman–Crippen MR) is 61.0 cm³/mol. The highest BCUT2D eigenvalue weighted by molar-refractivity contribution is 5.87. The van der Waals surface area contributed by atoms with Crippen molar-refractivity contribution in [1.29, 1.82) is 0 Å². The Labute approximate surface area is 106 Å². The van der Waals surface area contributed by atoms with Crippen LogP contribution in [0.15, 0.2) is 48.8 Å². The summed E-state index contributed by atoms with van der Waals surface area (Å²) in [4.78, 5) is 11.6. The van der Waals surface area contributed by atoms with Crippen molar-refractivity contribution < 1.29 is 18.0 Å². The molecule has 1 amide bonds. The molecule has 1 unspecified atom stereocenters. The van der Waals surface area contributed by atoms with Crippen molar-refractivity contribution in [1.82, 2.24) is 9.78 Å². The van der Waals surface area contributed by atoms with Crippen LogP contribution in [0.4, 0.5) is 13.2 Å². The van der Waals surface area contributed by atoms with Crippen LogP contribution in [-0.2, 0) is 10.3 Å². The number of alkyl halides is 3. The molecular formula is C12H10F3N3O. The van der Waals surface area contributed by atoms with E-state index in [0.717, 1.165) is 12.4 Å². The summed E-state index contributed by atoms with van der Waals surface area (Å²) >= 11 is 0. The number of carbonyl (C=O) groups is 1. The van der Waals surface area contributed by atoms with Crippen LogP contribution in [0.3, 0.4) is 0 Å². The van der Waals surface area contributed by atoms with Gasteiger partial charge in [0.1, 0.15) is 0 Å². The van der Waals surface area contributed by atoms with Gasteiger partial charge in [-0.15, -0.1) is 0 Å². The summed E-state index contributed by atoms with van der Waals surface area (Å²) in [5.41, 5.74) is 1.78. The predicted octanol–water partition coefficient (Wildman–Crippen LogP) is 1.67. The average Bonchev–Trinajstić information content (AvgIpc) is 2.83. The maximum atomic E-state index is 13.5. The highest BCUT2D eigenvalue weighted by Crippen LogP contribution is 2.41. The molecule has 2 N–H and O–H groups in total. The maximum Gasteiger partial charge on any atom is 0.427 e. The largest absolute Gasteiger partial charge is 0.427 e. The van der Waals surface area contributed by atoms with Crippen molar-refractivity contribution in [3.8, 4) is 0 Å². The molecule has 0 fully saturated rings. The van der Waals surface area contributed by atoms with Crippen LogP contribution in [0.25, 0.3) is 0 Å². The van der Waals surface area contributed by atoms with Gasteiger partial charge < -0.3 is 5.73 Å². The van der Waals surface area contributed by atoms with Crippen LogP contribution in [0, 0.1) is 0 Å². The van der Waals surface area contributed by atoms with Crippen molar-refractivity contribution in [3.05, 3.63) is 54.4 Å². The zero-order valence-corrected chi connectivity index (χ0v) is 9.63. The molecule has 0 bridgehead atoms. The number of carbonyl (C=O) groups excluding carboxylic acids is 1. The molecule has 2 aromatic rings. The fourth-order valence-electron chi connectivity index (χ4n) is 1.97. The minimum absolute atomic E-state index is 0.279. The third-order valence-electron chi connectivity index (χ3n) is 2.81. The number of rotatable bonds is 3. The quantitative estimate of drug-likeness (QED) is 0.921. The van der Waals surface area contributed by atoms with Gasteiger partial charge in [0.25, 0.3) is 11.4 Å². The van der Waals surface area contributed by atoms with E-state index in [1.54, 1.807) is 6.07 Å². The molecule has 0 spiro atoms. The summed E-state index contributed by atoms with van der Waals surface area (Å²) in [6.07, 6.45) is -2.69. The summed E-state index contributed by atoms with van der Waals surface area (Å²) < 4.78 is 41.1. The molecule has 0 aliphatic rings. The summed E-state index contributed by atoms with van der Waals surface area (Å²) in [5, 5.41) is 3.55. The van der Waals surface area contributed by atoms with Gasteiger partial charge in [0.05, 0.1) is 0 Å². The monoisotopic (exact) mass is 269 g/mol. The van der Waals surface area contributed by atoms with Crippen molar-refractivity contribution in [2.75, 3.05) is 0 Å². The number of amides is 1. The van der Waals surface area contributed by atoms with Crippen molar-refractivity contribution in [2.24, 2.45) is 5.73 Å². The second kappa shape index (κ2) is 4.42. The van der Waals surface area contributed by atoms with Gasteiger partial charge in [-0.05, 0) is 11.6 Å². The van der Waals surface area contributed by atoms with Crippen molar-refractivity contribution in [2.45, 2.75) is 11.7 Å². The van der Waals surface area contributed by atoms with Gasteiger partial charge in [-0.25, -0.2) is 4.68 Å². The molecule has 0 radical (unpaired) electrons. The molecule has 100 valence electrons. The minimum atomic E-state index is -4.91. The first-order valence-electron chi connectivity index (χ1n) is 5.33. The highest BCUT2D eigenvalue weighted by Gasteiger charge is 2.63. The number of nitrogens with two attached hydrogens (primary N) is 1. The Hall–Kier alpha value is -2.31. The molecule has 19 heavy (non-hydrogen) atoms. The highest BCUT2D eigenvalue weighted by atomic mass is 19.4. The number of aromatic nitrogens is 2. The molecule has 0 saturated carbocycles. The Kier molecular flexibility index (Phi) is 3.05. The smallest absolute Gasteiger partial charge is 0.367 e. The van der Waals surface area contributed by atoms with E-state index in [2.05, 4.69) is 5.10 Å². The van der Waals surface area contributed by atoms with Crippen LogP contribution < -0.4 is 5.73 Å². The number of primary amides is 1. The van der Waals surface area contributed by atoms with Gasteiger partial charge in [0.2, 0.25) is 0 Å². The number of halogens is 3. The van der Waals surface area contributed by atoms with E-state index in [-0.39, 0.29) is 5.56 Å². The maximum absolute atomic E-state index is 13.5. The molecular weight excluding hydrogens is 259 g/mol. The van der Waals surface area contributed by atoms with E-state index in [4.69, 9.17) is 5.73 Å². The number of hydrogen-bond acceptors (Lipinski definition) is 2. The zero-order chi connectivity index (χ0) is 14.1. The molecule has 0 aliphatic carbocycles. The van der Waals surface area contributed by atoms with Crippen LogP contribution in [0.1, 0.15) is 5.56 Å². The molecule has 4 nitrogen and oxygen atoms in total. The molecule has 7 heteroatoms. The van der Waals surface area contributed by atoms with Crippen LogP contribution >= 0.6 is 0 Å². The summed E-state index contributed by atoms with van der Waals surface area (Å²) in [6.45, 7) is 0. The topological polar surface area (TPSA) is 60.9 Å². The third kappa shape index (κ3) is 1.87. The second-order valence-corrected chi connectivity index (χ2v) is 3.89. The lowest BCUT2D eigenvalue weighted by Gasteiger charge is -2.33. The number of nitrogens with zero attached hydrogens (tertiary/aromatic N) is 2. The fraction of sp³-hybridized carbons (Fsp3) is 0.167. The Balaban J connectivity index is 2.79. The molecule has 1 aromatic heterocycles. The standard InChI is InChI=1S/C12H10F3N3O/c13-12(14,15)11(10(16)19,18-8-4-7-17-18)9-5-2-1-3-6-9/h1-8H,(H2,16,19). The Bertz CT molecular complexity index is 566. The molecule has 1 heterocycles. The van der Waals surface area contributed by atoms with E-state index in [1.165, 1.54) is 30.3 Å². The summed E-state index contributed by atoms with van der Waals surface area (Å²) in [5.74, 6) is -1.53. The van der Waals surface area contributed by atoms with Crippen molar-refractivity contribution >= 4 is 5.91 Å². The van der Waals surface area contributed by atoms with E-state index >= 15 is 0 Å². The molecule has 1 atom stereocenters. The number of hydrogen-bond donors (Lipinski definition) is 1. The van der Waals surface area contributed by atoms with Crippen molar-refractivity contribution in [3.63, 3.8) is 0 Å². The van der Waals surface area contributed by atoms with Gasteiger partial charge in [0, 0.05) is 12.4 Å². The van der Waals surface area contributed by atoms with E-state index in [1.807, 2.05) is 0 Å². The summed E-state index contributed by atoms with van der Waals surface area (Å²) in [6, 6.07) is 8.05. The van der Waals surface area contributed by atoms with E-state index in [0.29, 0.717) is 4.68 Å². The molecule has 1 aromatic carbocycles. The normalized spacial score (nSPS) is 14.9. The van der Waals surface area contributed by atoms with E-state index < -0.39 is 17.6 Å². The SMILES string of the molecule is NC(=O)C(c1ccccc1)(n1cccn1)C(F)(F)F. The third-order valence-corrected chi connectivity index (χ3v) is 2.81. The van der Waals surface area contributed by atoms with Gasteiger partial charge in [-0.3, -0.25) is 4.79 Å². The molecule has 2 rings (SSSR count). The molecule has 0 saturated heterocycles. The van der Waals surface area contributed by atoms with Crippen LogP contribution in [-0.4, -0.2) is 21.9 Å². The average molecular weight is 269 g/mol. The van der Waals surface area contributed by atoms with Crippen LogP contribution in [0.2, 0.25) is 0 Å². The zero-order valence-electron chi connectivity index (χ0n) is 9.63.